The van der Waals surface area contributed by atoms with Gasteiger partial charge in [0.2, 0.25) is 0 Å². The van der Waals surface area contributed by atoms with Gasteiger partial charge in [0.15, 0.2) is 9.84 Å². The minimum Gasteiger partial charge on any atom is -0.224 e. The van der Waals surface area contributed by atoms with Gasteiger partial charge in [-0.2, -0.15) is 0 Å². The van der Waals surface area contributed by atoms with E-state index in [0.29, 0.717) is 16.1 Å². The third-order valence-corrected chi connectivity index (χ3v) is 5.91. The fourth-order valence-corrected chi connectivity index (χ4v) is 4.05. The quantitative estimate of drug-likeness (QED) is 0.573. The smallest absolute Gasteiger partial charge is 0.177 e. The number of hydrogen-bond donors (Lipinski definition) is 0. The van der Waals surface area contributed by atoms with Crippen molar-refractivity contribution >= 4 is 67.8 Å². The SMILES string of the molecule is CS(=O)(=O)c1cc(Cl)c(-c2ccc(Cl)c(Cl)c2Cl)cc1Cl. The summed E-state index contributed by atoms with van der Waals surface area (Å²) in [5.41, 5.74) is 0.982. The zero-order chi connectivity index (χ0) is 15.9. The van der Waals surface area contributed by atoms with E-state index >= 15 is 0 Å². The number of hydrogen-bond acceptors (Lipinski definition) is 2. The molecule has 0 amide bonds. The molecule has 0 N–H and O–H groups in total. The van der Waals surface area contributed by atoms with Crippen molar-refractivity contribution in [3.63, 3.8) is 0 Å². The number of rotatable bonds is 2. The molecule has 2 aromatic rings. The first-order valence-corrected chi connectivity index (χ1v) is 9.24. The Balaban J connectivity index is 2.73. The van der Waals surface area contributed by atoms with Crippen LogP contribution in [0.15, 0.2) is 29.2 Å². The van der Waals surface area contributed by atoms with Gasteiger partial charge in [-0.15, -0.1) is 0 Å². The molecule has 0 aliphatic carbocycles. The van der Waals surface area contributed by atoms with E-state index in [2.05, 4.69) is 0 Å². The van der Waals surface area contributed by atoms with Crippen LogP contribution in [0.5, 0.6) is 0 Å². The van der Waals surface area contributed by atoms with Crippen LogP contribution >= 0.6 is 58.0 Å². The van der Waals surface area contributed by atoms with Gasteiger partial charge in [0.05, 0.1) is 25.0 Å². The first-order valence-electron chi connectivity index (χ1n) is 5.46. The summed E-state index contributed by atoms with van der Waals surface area (Å²) < 4.78 is 23.2. The molecule has 0 aromatic heterocycles. The molecular weight excluding hydrogens is 397 g/mol. The molecular formula is C13H7Cl5O2S. The molecule has 0 heterocycles. The second-order valence-corrected chi connectivity index (χ2v) is 8.22. The maximum atomic E-state index is 11.6. The largest absolute Gasteiger partial charge is 0.224 e. The zero-order valence-corrected chi connectivity index (χ0v) is 15.0. The standard InChI is InChI=1S/C13H7Cl5O2S/c1-21(19,20)11-5-9(15)7(4-10(11)16)6-2-3-8(14)13(18)12(6)17/h2-5H,1H3. The summed E-state index contributed by atoms with van der Waals surface area (Å²) in [5.74, 6) is 0. The highest BCUT2D eigenvalue weighted by atomic mass is 35.5. The highest BCUT2D eigenvalue weighted by molar-refractivity contribution is 7.90. The summed E-state index contributed by atoms with van der Waals surface area (Å²) >= 11 is 30.2. The maximum Gasteiger partial charge on any atom is 0.177 e. The van der Waals surface area contributed by atoms with Gasteiger partial charge in [-0.05, 0) is 18.2 Å². The molecule has 0 spiro atoms. The fourth-order valence-electron chi connectivity index (χ4n) is 1.75. The Morgan fingerprint density at radius 2 is 1.38 bits per heavy atom. The molecule has 0 bridgehead atoms. The molecule has 0 saturated carbocycles. The topological polar surface area (TPSA) is 34.1 Å². The van der Waals surface area contributed by atoms with Crippen LogP contribution in [0.2, 0.25) is 25.1 Å². The average molecular weight is 405 g/mol. The van der Waals surface area contributed by atoms with Crippen LogP contribution in [0.25, 0.3) is 11.1 Å². The Hall–Kier alpha value is -0.160. The lowest BCUT2D eigenvalue weighted by Crippen LogP contribution is -1.99. The van der Waals surface area contributed by atoms with Crippen LogP contribution in [-0.4, -0.2) is 14.7 Å². The highest BCUT2D eigenvalue weighted by Gasteiger charge is 2.19. The van der Waals surface area contributed by atoms with Gasteiger partial charge in [-0.25, -0.2) is 8.42 Å². The van der Waals surface area contributed by atoms with Gasteiger partial charge in [0.1, 0.15) is 0 Å². The van der Waals surface area contributed by atoms with Crippen molar-refractivity contribution in [1.29, 1.82) is 0 Å². The van der Waals surface area contributed by atoms with Gasteiger partial charge >= 0.3 is 0 Å². The van der Waals surface area contributed by atoms with E-state index in [4.69, 9.17) is 58.0 Å². The summed E-state index contributed by atoms with van der Waals surface area (Å²) in [6.07, 6.45) is 1.05. The van der Waals surface area contributed by atoms with E-state index in [1.165, 1.54) is 12.1 Å². The van der Waals surface area contributed by atoms with Gasteiger partial charge in [-0.1, -0.05) is 64.1 Å². The number of sulfone groups is 1. The Kier molecular flexibility index (Phi) is 5.04. The van der Waals surface area contributed by atoms with Gasteiger partial charge < -0.3 is 0 Å². The second-order valence-electron chi connectivity index (χ2n) is 4.26. The molecule has 0 atom stereocenters. The molecule has 0 unspecified atom stereocenters. The van der Waals surface area contributed by atoms with Crippen molar-refractivity contribution in [2.24, 2.45) is 0 Å². The number of benzene rings is 2. The molecule has 0 aliphatic heterocycles. The van der Waals surface area contributed by atoms with E-state index < -0.39 is 9.84 Å². The van der Waals surface area contributed by atoms with E-state index in [0.717, 1.165) is 6.26 Å². The van der Waals surface area contributed by atoms with Crippen LogP contribution in [0.4, 0.5) is 0 Å². The van der Waals surface area contributed by atoms with Crippen LogP contribution in [-0.2, 0) is 9.84 Å². The van der Waals surface area contributed by atoms with E-state index in [-0.39, 0.29) is 25.0 Å². The molecule has 112 valence electrons. The van der Waals surface area contributed by atoms with Crippen LogP contribution in [0, 0.1) is 0 Å². The lowest BCUT2D eigenvalue weighted by atomic mass is 10.1. The predicted molar refractivity (Wildman–Crippen MR) is 90.0 cm³/mol. The molecule has 2 aromatic carbocycles. The summed E-state index contributed by atoms with van der Waals surface area (Å²) in [6, 6.07) is 5.92. The lowest BCUT2D eigenvalue weighted by Gasteiger charge is -2.12. The van der Waals surface area contributed by atoms with Gasteiger partial charge in [0.25, 0.3) is 0 Å². The molecule has 8 heteroatoms. The van der Waals surface area contributed by atoms with Crippen molar-refractivity contribution < 1.29 is 8.42 Å². The van der Waals surface area contributed by atoms with Crippen molar-refractivity contribution in [1.82, 2.24) is 0 Å². The molecule has 0 aliphatic rings. The van der Waals surface area contributed by atoms with Crippen LogP contribution in [0.3, 0.4) is 0 Å². The first-order chi connectivity index (χ1) is 9.62. The van der Waals surface area contributed by atoms with E-state index in [1.807, 2.05) is 0 Å². The Bertz CT molecular complexity index is 831. The maximum absolute atomic E-state index is 11.6. The molecule has 2 nitrogen and oxygen atoms in total. The molecule has 0 saturated heterocycles. The van der Waals surface area contributed by atoms with E-state index in [1.54, 1.807) is 12.1 Å². The monoisotopic (exact) mass is 402 g/mol. The summed E-state index contributed by atoms with van der Waals surface area (Å²) in [4.78, 5) is -0.0471. The normalized spacial score (nSPS) is 11.7. The third-order valence-electron chi connectivity index (χ3n) is 2.75. The van der Waals surface area contributed by atoms with Gasteiger partial charge in [-0.3, -0.25) is 0 Å². The average Bonchev–Trinajstić information content (AvgIpc) is 2.38. The van der Waals surface area contributed by atoms with Crippen LogP contribution in [0.1, 0.15) is 0 Å². The fraction of sp³-hybridized carbons (Fsp3) is 0.0769. The molecule has 0 radical (unpaired) electrons. The Morgan fingerprint density at radius 3 is 1.95 bits per heavy atom. The molecule has 21 heavy (non-hydrogen) atoms. The summed E-state index contributed by atoms with van der Waals surface area (Å²) in [5, 5.41) is 0.962. The predicted octanol–water partition coefficient (Wildman–Crippen LogP) is 6.02. The van der Waals surface area contributed by atoms with Crippen molar-refractivity contribution in [3.8, 4) is 11.1 Å². The zero-order valence-electron chi connectivity index (χ0n) is 10.4. The summed E-state index contributed by atoms with van der Waals surface area (Å²) in [7, 11) is -3.48. The van der Waals surface area contributed by atoms with Crippen molar-refractivity contribution in [3.05, 3.63) is 49.4 Å². The minimum atomic E-state index is -3.48. The number of halogens is 5. The van der Waals surface area contributed by atoms with Crippen molar-refractivity contribution in [2.75, 3.05) is 6.26 Å². The Morgan fingerprint density at radius 1 is 0.762 bits per heavy atom. The van der Waals surface area contributed by atoms with Crippen molar-refractivity contribution in [2.45, 2.75) is 4.90 Å². The molecule has 0 fully saturated rings. The van der Waals surface area contributed by atoms with E-state index in [9.17, 15) is 8.42 Å². The second kappa shape index (κ2) is 6.15. The minimum absolute atomic E-state index is 0.0471. The highest BCUT2D eigenvalue weighted by Crippen LogP contribution is 2.42. The molecule has 2 rings (SSSR count). The summed E-state index contributed by atoms with van der Waals surface area (Å²) in [6.45, 7) is 0. The lowest BCUT2D eigenvalue weighted by molar-refractivity contribution is 0.602. The van der Waals surface area contributed by atoms with Crippen LogP contribution < -0.4 is 0 Å². The first kappa shape index (κ1) is 17.2. The third kappa shape index (κ3) is 3.44. The Labute approximate surface area is 147 Å². The van der Waals surface area contributed by atoms with Gasteiger partial charge in [0, 0.05) is 22.4 Å².